The maximum Gasteiger partial charge on any atom is 0.0423 e. The normalized spacial score (nSPS) is 18.6. The zero-order chi connectivity index (χ0) is 16.2. The molecule has 2 aromatic carbocycles. The maximum absolute atomic E-state index is 4.22. The fourth-order valence-corrected chi connectivity index (χ4v) is 3.63. The fourth-order valence-electron chi connectivity index (χ4n) is 3.63. The molecule has 0 saturated carbocycles. The van der Waals surface area contributed by atoms with E-state index in [9.17, 15) is 0 Å². The van der Waals surface area contributed by atoms with Crippen LogP contribution in [0.15, 0.2) is 67.0 Å². The molecule has 1 atom stereocenters. The van der Waals surface area contributed by atoms with Gasteiger partial charge in [-0.3, -0.25) is 9.88 Å². The molecule has 3 heteroatoms. The van der Waals surface area contributed by atoms with Gasteiger partial charge < -0.3 is 5.32 Å². The smallest absolute Gasteiger partial charge is 0.0423 e. The van der Waals surface area contributed by atoms with Gasteiger partial charge in [0.1, 0.15) is 0 Å². The van der Waals surface area contributed by atoms with Crippen LogP contribution in [0.2, 0.25) is 0 Å². The molecule has 24 heavy (non-hydrogen) atoms. The van der Waals surface area contributed by atoms with Crippen molar-refractivity contribution in [2.75, 3.05) is 18.4 Å². The number of rotatable bonds is 4. The summed E-state index contributed by atoms with van der Waals surface area (Å²) in [6, 6.07) is 19.8. The summed E-state index contributed by atoms with van der Waals surface area (Å²) in [5, 5.41) is 6.22. The number of nitrogens with one attached hydrogen (secondary N) is 1. The summed E-state index contributed by atoms with van der Waals surface area (Å²) in [6.07, 6.45) is 6.28. The molecule has 1 saturated heterocycles. The lowest BCUT2D eigenvalue weighted by Gasteiger charge is -2.34. The van der Waals surface area contributed by atoms with Gasteiger partial charge in [-0.1, -0.05) is 42.5 Å². The van der Waals surface area contributed by atoms with Crippen LogP contribution in [0.4, 0.5) is 5.69 Å². The first-order valence-corrected chi connectivity index (χ1v) is 8.74. The molecule has 0 bridgehead atoms. The van der Waals surface area contributed by atoms with Gasteiger partial charge in [0.15, 0.2) is 0 Å². The summed E-state index contributed by atoms with van der Waals surface area (Å²) in [4.78, 5) is 6.78. The van der Waals surface area contributed by atoms with Crippen LogP contribution in [0, 0.1) is 0 Å². The second-order valence-corrected chi connectivity index (χ2v) is 6.61. The van der Waals surface area contributed by atoms with E-state index in [1.165, 1.54) is 41.4 Å². The van der Waals surface area contributed by atoms with Crippen LogP contribution in [-0.2, 0) is 6.54 Å². The van der Waals surface area contributed by atoms with Crippen LogP contribution < -0.4 is 5.32 Å². The molecule has 1 N–H and O–H groups in total. The number of nitrogens with zero attached hydrogens (tertiary/aromatic N) is 2. The minimum absolute atomic E-state index is 0.501. The van der Waals surface area contributed by atoms with Gasteiger partial charge in [0.05, 0.1) is 0 Å². The van der Waals surface area contributed by atoms with E-state index in [2.05, 4.69) is 69.8 Å². The molecule has 122 valence electrons. The van der Waals surface area contributed by atoms with E-state index >= 15 is 0 Å². The van der Waals surface area contributed by atoms with Crippen molar-refractivity contribution in [2.24, 2.45) is 0 Å². The summed E-state index contributed by atoms with van der Waals surface area (Å²) in [5.74, 6) is 0. The number of fused-ring (bicyclic) bond motifs is 1. The summed E-state index contributed by atoms with van der Waals surface area (Å²) < 4.78 is 0. The molecule has 1 aromatic heterocycles. The Morgan fingerprint density at radius 3 is 2.88 bits per heavy atom. The lowest BCUT2D eigenvalue weighted by molar-refractivity contribution is 0.208. The number of anilines is 1. The second kappa shape index (κ2) is 7.02. The summed E-state index contributed by atoms with van der Waals surface area (Å²) in [6.45, 7) is 3.32. The van der Waals surface area contributed by atoms with Crippen molar-refractivity contribution in [1.82, 2.24) is 9.88 Å². The van der Waals surface area contributed by atoms with Gasteiger partial charge in [0.2, 0.25) is 0 Å². The van der Waals surface area contributed by atoms with Crippen LogP contribution in [-0.4, -0.2) is 29.0 Å². The monoisotopic (exact) mass is 317 g/mol. The Kier molecular flexibility index (Phi) is 4.43. The van der Waals surface area contributed by atoms with E-state index in [0.717, 1.165) is 13.1 Å². The molecular weight excluding hydrogens is 294 g/mol. The van der Waals surface area contributed by atoms with E-state index in [1.54, 1.807) is 0 Å². The molecular formula is C21H23N3. The first kappa shape index (κ1) is 15.2. The van der Waals surface area contributed by atoms with Gasteiger partial charge in [-0.2, -0.15) is 0 Å². The van der Waals surface area contributed by atoms with E-state index in [4.69, 9.17) is 0 Å². The highest BCUT2D eigenvalue weighted by atomic mass is 15.2. The standard InChI is InChI=1S/C21H23N3/c1-2-6-17(7-3-1)15-24-13-5-9-19(16-24)23-21-10-4-8-18-14-22-12-11-20(18)21/h1-4,6-8,10-12,14,19,23H,5,9,13,15-16H2/t19-/m0/s1. The zero-order valence-electron chi connectivity index (χ0n) is 13.9. The predicted molar refractivity (Wildman–Crippen MR) is 100 cm³/mol. The Morgan fingerprint density at radius 2 is 1.96 bits per heavy atom. The quantitative estimate of drug-likeness (QED) is 0.777. The third-order valence-electron chi connectivity index (χ3n) is 4.79. The van der Waals surface area contributed by atoms with Gasteiger partial charge in [0, 0.05) is 48.0 Å². The number of pyridine rings is 1. The highest BCUT2D eigenvalue weighted by molar-refractivity contribution is 5.93. The first-order chi connectivity index (χ1) is 11.9. The Balaban J connectivity index is 1.46. The SMILES string of the molecule is c1ccc(CN2CCC[C@H](Nc3cccc4cnccc34)C2)cc1. The molecule has 0 spiro atoms. The third-order valence-corrected chi connectivity index (χ3v) is 4.79. The molecule has 4 rings (SSSR count). The van der Waals surface area contributed by atoms with Crippen LogP contribution >= 0.6 is 0 Å². The van der Waals surface area contributed by atoms with Crippen LogP contribution in [0.5, 0.6) is 0 Å². The summed E-state index contributed by atoms with van der Waals surface area (Å²) in [7, 11) is 0. The number of hydrogen-bond acceptors (Lipinski definition) is 3. The van der Waals surface area contributed by atoms with Crippen molar-refractivity contribution < 1.29 is 0 Å². The zero-order valence-corrected chi connectivity index (χ0v) is 13.9. The van der Waals surface area contributed by atoms with Gasteiger partial charge in [-0.25, -0.2) is 0 Å². The minimum atomic E-state index is 0.501. The molecule has 1 aliphatic rings. The van der Waals surface area contributed by atoms with Gasteiger partial charge in [0.25, 0.3) is 0 Å². The average molecular weight is 317 g/mol. The van der Waals surface area contributed by atoms with Crippen LogP contribution in [0.25, 0.3) is 10.8 Å². The van der Waals surface area contributed by atoms with E-state index in [1.807, 2.05) is 12.4 Å². The molecule has 0 unspecified atom stereocenters. The van der Waals surface area contributed by atoms with Crippen molar-refractivity contribution in [3.05, 3.63) is 72.6 Å². The Bertz CT molecular complexity index is 795. The van der Waals surface area contributed by atoms with Crippen molar-refractivity contribution >= 4 is 16.5 Å². The second-order valence-electron chi connectivity index (χ2n) is 6.61. The average Bonchev–Trinajstić information content (AvgIpc) is 2.63. The van der Waals surface area contributed by atoms with Gasteiger partial charge in [-0.15, -0.1) is 0 Å². The highest BCUT2D eigenvalue weighted by Gasteiger charge is 2.20. The van der Waals surface area contributed by atoms with Crippen molar-refractivity contribution in [1.29, 1.82) is 0 Å². The topological polar surface area (TPSA) is 28.2 Å². The van der Waals surface area contributed by atoms with E-state index in [-0.39, 0.29) is 0 Å². The lowest BCUT2D eigenvalue weighted by atomic mass is 10.0. The summed E-state index contributed by atoms with van der Waals surface area (Å²) in [5.41, 5.74) is 2.62. The third kappa shape index (κ3) is 3.41. The Morgan fingerprint density at radius 1 is 1.04 bits per heavy atom. The number of aromatic nitrogens is 1. The minimum Gasteiger partial charge on any atom is -0.381 e. The molecule has 1 fully saturated rings. The summed E-state index contributed by atoms with van der Waals surface area (Å²) >= 11 is 0. The Labute approximate surface area is 143 Å². The fraction of sp³-hybridized carbons (Fsp3) is 0.286. The molecule has 3 nitrogen and oxygen atoms in total. The van der Waals surface area contributed by atoms with Crippen LogP contribution in [0.3, 0.4) is 0 Å². The van der Waals surface area contributed by atoms with Crippen molar-refractivity contribution in [3.8, 4) is 0 Å². The number of hydrogen-bond donors (Lipinski definition) is 1. The lowest BCUT2D eigenvalue weighted by Crippen LogP contribution is -2.41. The van der Waals surface area contributed by atoms with E-state index < -0.39 is 0 Å². The molecule has 0 radical (unpaired) electrons. The van der Waals surface area contributed by atoms with Crippen LogP contribution in [0.1, 0.15) is 18.4 Å². The van der Waals surface area contributed by atoms with Gasteiger partial charge in [-0.05, 0) is 37.1 Å². The highest BCUT2D eigenvalue weighted by Crippen LogP contribution is 2.25. The molecule has 2 heterocycles. The molecule has 0 amide bonds. The number of likely N-dealkylation sites (tertiary alicyclic amines) is 1. The van der Waals surface area contributed by atoms with Crippen molar-refractivity contribution in [2.45, 2.75) is 25.4 Å². The van der Waals surface area contributed by atoms with E-state index in [0.29, 0.717) is 6.04 Å². The first-order valence-electron chi connectivity index (χ1n) is 8.74. The number of piperidine rings is 1. The molecule has 3 aromatic rings. The van der Waals surface area contributed by atoms with Crippen molar-refractivity contribution in [3.63, 3.8) is 0 Å². The number of benzene rings is 2. The van der Waals surface area contributed by atoms with Gasteiger partial charge >= 0.3 is 0 Å². The Hall–Kier alpha value is -2.39. The largest absolute Gasteiger partial charge is 0.381 e. The maximum atomic E-state index is 4.22. The molecule has 1 aliphatic heterocycles. The predicted octanol–water partition coefficient (Wildman–Crippen LogP) is 4.31. The molecule has 0 aliphatic carbocycles.